The van der Waals surface area contributed by atoms with Gasteiger partial charge in [-0.05, 0) is 18.5 Å². The Kier molecular flexibility index (Phi) is 4.33. The predicted molar refractivity (Wildman–Crippen MR) is 55.8 cm³/mol. The summed E-state index contributed by atoms with van der Waals surface area (Å²) in [6.45, 7) is 0.143. The maximum Gasteiger partial charge on any atom is 0.405 e. The van der Waals surface area contributed by atoms with Gasteiger partial charge in [-0.25, -0.2) is 0 Å². The van der Waals surface area contributed by atoms with Crippen molar-refractivity contribution in [3.05, 3.63) is 22.4 Å². The lowest BCUT2D eigenvalue weighted by Crippen LogP contribution is -2.33. The fourth-order valence-electron chi connectivity index (χ4n) is 1.26. The Morgan fingerprint density at radius 1 is 1.56 bits per heavy atom. The van der Waals surface area contributed by atoms with Gasteiger partial charge in [-0.2, -0.15) is 18.4 Å². The first-order chi connectivity index (χ1) is 7.43. The number of nitrogens with zero attached hydrogens (tertiary/aromatic N) is 2. The van der Waals surface area contributed by atoms with Crippen molar-refractivity contribution >= 4 is 11.3 Å². The van der Waals surface area contributed by atoms with Crippen molar-refractivity contribution in [1.29, 1.82) is 5.26 Å². The third-order valence-electron chi connectivity index (χ3n) is 2.05. The van der Waals surface area contributed by atoms with Crippen molar-refractivity contribution in [1.82, 2.24) is 4.90 Å². The minimum absolute atomic E-state index is 0.294. The molecule has 0 aliphatic rings. The fraction of sp³-hybridized carbons (Fsp3) is 0.500. The van der Waals surface area contributed by atoms with Gasteiger partial charge in [-0.3, -0.25) is 4.90 Å². The molecule has 1 aromatic heterocycles. The van der Waals surface area contributed by atoms with Gasteiger partial charge in [-0.15, -0.1) is 11.3 Å². The third kappa shape index (κ3) is 3.83. The molecule has 1 unspecified atom stereocenters. The topological polar surface area (TPSA) is 27.0 Å². The standard InChI is InChI=1S/C10H11F3N2S/c1-15(7-9-3-2-4-16-9)6-8(5-14)10(11,12)13/h2-4,8H,6-7H2,1H3. The zero-order valence-corrected chi connectivity index (χ0v) is 9.48. The molecule has 0 aromatic carbocycles. The lowest BCUT2D eigenvalue weighted by atomic mass is 10.1. The van der Waals surface area contributed by atoms with Gasteiger partial charge in [0.1, 0.15) is 0 Å². The van der Waals surface area contributed by atoms with Gasteiger partial charge < -0.3 is 0 Å². The molecule has 0 aliphatic carbocycles. The molecule has 0 aliphatic heterocycles. The van der Waals surface area contributed by atoms with Crippen LogP contribution in [0.15, 0.2) is 17.5 Å². The molecule has 1 rings (SSSR count). The highest BCUT2D eigenvalue weighted by Crippen LogP contribution is 2.26. The average molecular weight is 248 g/mol. The van der Waals surface area contributed by atoms with E-state index in [4.69, 9.17) is 5.26 Å². The SMILES string of the molecule is CN(Cc1cccs1)CC(C#N)C(F)(F)F. The minimum atomic E-state index is -4.45. The molecule has 6 heteroatoms. The Balaban J connectivity index is 2.51. The smallest absolute Gasteiger partial charge is 0.300 e. The summed E-state index contributed by atoms with van der Waals surface area (Å²) in [5.74, 6) is -1.92. The van der Waals surface area contributed by atoms with Crippen LogP contribution >= 0.6 is 11.3 Å². The first-order valence-electron chi connectivity index (χ1n) is 4.60. The molecular weight excluding hydrogens is 237 g/mol. The van der Waals surface area contributed by atoms with Crippen molar-refractivity contribution in [3.8, 4) is 6.07 Å². The minimum Gasteiger partial charge on any atom is -0.300 e. The van der Waals surface area contributed by atoms with Crippen molar-refractivity contribution < 1.29 is 13.2 Å². The molecule has 1 atom stereocenters. The zero-order chi connectivity index (χ0) is 12.2. The summed E-state index contributed by atoms with van der Waals surface area (Å²) in [4.78, 5) is 2.49. The molecule has 16 heavy (non-hydrogen) atoms. The van der Waals surface area contributed by atoms with E-state index in [0.717, 1.165) is 4.88 Å². The Hall–Kier alpha value is -1.06. The quantitative estimate of drug-likeness (QED) is 0.819. The number of halogens is 3. The van der Waals surface area contributed by atoms with Gasteiger partial charge in [0.25, 0.3) is 0 Å². The van der Waals surface area contributed by atoms with Crippen LogP contribution in [0.25, 0.3) is 0 Å². The van der Waals surface area contributed by atoms with Crippen LogP contribution in [0.1, 0.15) is 4.88 Å². The molecule has 0 saturated carbocycles. The third-order valence-corrected chi connectivity index (χ3v) is 2.91. The van der Waals surface area contributed by atoms with E-state index in [1.165, 1.54) is 22.3 Å². The first kappa shape index (κ1) is 13.0. The van der Waals surface area contributed by atoms with Crippen LogP contribution in [0.2, 0.25) is 0 Å². The van der Waals surface area contributed by atoms with Gasteiger partial charge >= 0.3 is 6.18 Å². The van der Waals surface area contributed by atoms with Crippen LogP contribution in [0.3, 0.4) is 0 Å². The number of rotatable bonds is 4. The van der Waals surface area contributed by atoms with Gasteiger partial charge in [0, 0.05) is 18.0 Å². The van der Waals surface area contributed by atoms with E-state index in [1.54, 1.807) is 7.05 Å². The zero-order valence-electron chi connectivity index (χ0n) is 8.66. The van der Waals surface area contributed by atoms with Gasteiger partial charge in [0.15, 0.2) is 5.92 Å². The Morgan fingerprint density at radius 3 is 2.69 bits per heavy atom. The van der Waals surface area contributed by atoms with Gasteiger partial charge in [0.05, 0.1) is 6.07 Å². The van der Waals surface area contributed by atoms with Crippen LogP contribution in [-0.4, -0.2) is 24.7 Å². The van der Waals surface area contributed by atoms with Crippen molar-refractivity contribution in [2.45, 2.75) is 12.7 Å². The van der Waals surface area contributed by atoms with Crippen LogP contribution < -0.4 is 0 Å². The molecule has 0 spiro atoms. The highest BCUT2D eigenvalue weighted by atomic mass is 32.1. The van der Waals surface area contributed by atoms with E-state index in [2.05, 4.69) is 0 Å². The fourth-order valence-corrected chi connectivity index (χ4v) is 2.05. The summed E-state index contributed by atoms with van der Waals surface area (Å²) in [7, 11) is 1.58. The Labute approximate surface area is 95.9 Å². The Morgan fingerprint density at radius 2 is 2.25 bits per heavy atom. The number of alkyl halides is 3. The van der Waals surface area contributed by atoms with E-state index < -0.39 is 12.1 Å². The molecule has 2 nitrogen and oxygen atoms in total. The summed E-state index contributed by atoms with van der Waals surface area (Å²) in [5, 5.41) is 10.3. The van der Waals surface area contributed by atoms with Crippen LogP contribution in [0.4, 0.5) is 13.2 Å². The van der Waals surface area contributed by atoms with E-state index >= 15 is 0 Å². The van der Waals surface area contributed by atoms with Crippen molar-refractivity contribution in [2.75, 3.05) is 13.6 Å². The lowest BCUT2D eigenvalue weighted by Gasteiger charge is -2.20. The summed E-state index contributed by atoms with van der Waals surface area (Å²) >= 11 is 1.49. The van der Waals surface area contributed by atoms with E-state index in [1.807, 2.05) is 17.5 Å². The lowest BCUT2D eigenvalue weighted by molar-refractivity contribution is -0.162. The second kappa shape index (κ2) is 5.32. The van der Waals surface area contributed by atoms with Crippen molar-refractivity contribution in [2.24, 2.45) is 5.92 Å². The van der Waals surface area contributed by atoms with Crippen LogP contribution in [-0.2, 0) is 6.54 Å². The number of hydrogen-bond acceptors (Lipinski definition) is 3. The normalized spacial score (nSPS) is 13.8. The predicted octanol–water partition coefficient (Wildman–Crippen LogP) is 2.88. The second-order valence-electron chi connectivity index (χ2n) is 3.50. The summed E-state index contributed by atoms with van der Waals surface area (Å²) in [6, 6.07) is 4.99. The molecule has 0 radical (unpaired) electrons. The second-order valence-corrected chi connectivity index (χ2v) is 4.53. The molecule has 88 valence electrons. The molecule has 1 heterocycles. The highest BCUT2D eigenvalue weighted by molar-refractivity contribution is 7.09. The molecular formula is C10H11F3N2S. The van der Waals surface area contributed by atoms with E-state index in [9.17, 15) is 13.2 Å². The highest BCUT2D eigenvalue weighted by Gasteiger charge is 2.40. The monoisotopic (exact) mass is 248 g/mol. The maximum absolute atomic E-state index is 12.3. The summed E-state index contributed by atoms with van der Waals surface area (Å²) < 4.78 is 36.9. The molecule has 0 N–H and O–H groups in total. The van der Waals surface area contributed by atoms with E-state index in [-0.39, 0.29) is 6.54 Å². The first-order valence-corrected chi connectivity index (χ1v) is 5.48. The number of nitriles is 1. The molecule has 0 amide bonds. The van der Waals surface area contributed by atoms with Crippen LogP contribution in [0.5, 0.6) is 0 Å². The summed E-state index contributed by atoms with van der Waals surface area (Å²) in [6.07, 6.45) is -4.45. The summed E-state index contributed by atoms with van der Waals surface area (Å²) in [5.41, 5.74) is 0. The average Bonchev–Trinajstić information content (AvgIpc) is 2.64. The largest absolute Gasteiger partial charge is 0.405 e. The van der Waals surface area contributed by atoms with E-state index in [0.29, 0.717) is 6.54 Å². The van der Waals surface area contributed by atoms with Crippen molar-refractivity contribution in [3.63, 3.8) is 0 Å². The molecule has 0 bridgehead atoms. The number of thiophene rings is 1. The molecule has 1 aromatic rings. The van der Waals surface area contributed by atoms with Gasteiger partial charge in [-0.1, -0.05) is 6.07 Å². The maximum atomic E-state index is 12.3. The van der Waals surface area contributed by atoms with Crippen LogP contribution in [0, 0.1) is 17.2 Å². The number of hydrogen-bond donors (Lipinski definition) is 0. The Bertz CT molecular complexity index is 353. The molecule has 0 fully saturated rings. The van der Waals surface area contributed by atoms with Gasteiger partial charge in [0.2, 0.25) is 0 Å². The molecule has 0 saturated heterocycles.